The fourth-order valence-electron chi connectivity index (χ4n) is 4.82. The molecule has 0 saturated heterocycles. The standard InChI is InChI=1S/C34H28N2P2/c1-36-32(27-17-7-2-8-18-27)35-33(37(28-19-9-3-10-20-28)29-21-11-4-12-22-29)34(36)38(30-23-13-5-14-24-30)31-25-15-6-16-26-31/h2-26H,1H3. The molecule has 1 heterocycles. The predicted molar refractivity (Wildman–Crippen MR) is 166 cm³/mol. The van der Waals surface area contributed by atoms with Gasteiger partial charge in [-0.1, -0.05) is 152 Å². The number of hydrogen-bond donors (Lipinski definition) is 0. The van der Waals surface area contributed by atoms with Crippen molar-refractivity contribution in [2.75, 3.05) is 0 Å². The van der Waals surface area contributed by atoms with E-state index in [2.05, 4.69) is 163 Å². The molecule has 0 atom stereocenters. The molecule has 0 fully saturated rings. The highest BCUT2D eigenvalue weighted by atomic mass is 31.1. The monoisotopic (exact) mass is 526 g/mol. The van der Waals surface area contributed by atoms with E-state index in [-0.39, 0.29) is 0 Å². The van der Waals surface area contributed by atoms with E-state index in [4.69, 9.17) is 4.98 Å². The minimum atomic E-state index is -0.881. The number of benzene rings is 5. The Morgan fingerprint density at radius 1 is 0.447 bits per heavy atom. The largest absolute Gasteiger partial charge is 0.326 e. The number of rotatable bonds is 7. The van der Waals surface area contributed by atoms with Crippen LogP contribution in [0.5, 0.6) is 0 Å². The van der Waals surface area contributed by atoms with E-state index >= 15 is 0 Å². The zero-order chi connectivity index (χ0) is 25.7. The third kappa shape index (κ3) is 4.86. The van der Waals surface area contributed by atoms with Crippen molar-refractivity contribution in [1.29, 1.82) is 0 Å². The summed E-state index contributed by atoms with van der Waals surface area (Å²) in [6.45, 7) is 0. The molecule has 0 N–H and O–H groups in total. The van der Waals surface area contributed by atoms with Crippen LogP contribution in [0.15, 0.2) is 152 Å². The molecule has 0 aliphatic rings. The van der Waals surface area contributed by atoms with Gasteiger partial charge in [-0.25, -0.2) is 4.98 Å². The van der Waals surface area contributed by atoms with Gasteiger partial charge in [0.25, 0.3) is 0 Å². The van der Waals surface area contributed by atoms with Crippen molar-refractivity contribution in [1.82, 2.24) is 9.55 Å². The Labute approximate surface area is 227 Å². The molecule has 0 bridgehead atoms. The van der Waals surface area contributed by atoms with Gasteiger partial charge >= 0.3 is 0 Å². The van der Waals surface area contributed by atoms with Crippen molar-refractivity contribution in [3.8, 4) is 11.4 Å². The van der Waals surface area contributed by atoms with Crippen LogP contribution in [0.2, 0.25) is 0 Å². The number of hydrogen-bond acceptors (Lipinski definition) is 1. The van der Waals surface area contributed by atoms with Crippen LogP contribution < -0.4 is 32.1 Å². The van der Waals surface area contributed by atoms with Crippen molar-refractivity contribution < 1.29 is 0 Å². The highest BCUT2D eigenvalue weighted by molar-refractivity contribution is 7.85. The molecular formula is C34H28N2P2. The molecule has 0 unspecified atom stereocenters. The molecule has 38 heavy (non-hydrogen) atoms. The lowest BCUT2D eigenvalue weighted by molar-refractivity contribution is 0.952. The van der Waals surface area contributed by atoms with Gasteiger partial charge in [0.15, 0.2) is 0 Å². The molecule has 0 spiro atoms. The van der Waals surface area contributed by atoms with E-state index in [0.29, 0.717) is 0 Å². The van der Waals surface area contributed by atoms with Crippen LogP contribution in [0.25, 0.3) is 11.4 Å². The minimum absolute atomic E-state index is 0.854. The summed E-state index contributed by atoms with van der Waals surface area (Å²) in [4.78, 5) is 5.51. The first-order chi connectivity index (χ1) is 18.8. The summed E-state index contributed by atoms with van der Waals surface area (Å²) in [5.41, 5.74) is 3.61. The summed E-state index contributed by atoms with van der Waals surface area (Å²) < 4.78 is 2.36. The normalized spacial score (nSPS) is 11.2. The SMILES string of the molecule is Cn1c(-c2ccccc2)nc(P(c2ccccc2)c2ccccc2)c1P(c1ccccc1)c1ccccc1. The highest BCUT2D eigenvalue weighted by Crippen LogP contribution is 2.40. The fourth-order valence-corrected chi connectivity index (χ4v) is 10.1. The Kier molecular flexibility index (Phi) is 7.27. The van der Waals surface area contributed by atoms with E-state index in [9.17, 15) is 0 Å². The maximum absolute atomic E-state index is 5.51. The summed E-state index contributed by atoms with van der Waals surface area (Å²) in [5.74, 6) is 1.01. The van der Waals surface area contributed by atoms with Gasteiger partial charge in [0, 0.05) is 28.5 Å². The average molecular weight is 527 g/mol. The Bertz CT molecular complexity index is 1520. The van der Waals surface area contributed by atoms with Crippen LogP contribution in [0.3, 0.4) is 0 Å². The Hall–Kier alpha value is -3.83. The van der Waals surface area contributed by atoms with Gasteiger partial charge in [0.05, 0.1) is 10.9 Å². The van der Waals surface area contributed by atoms with Crippen molar-refractivity contribution >= 4 is 47.9 Å². The lowest BCUT2D eigenvalue weighted by atomic mass is 10.2. The smallest absolute Gasteiger partial charge is 0.140 e. The zero-order valence-corrected chi connectivity index (χ0v) is 23.0. The van der Waals surface area contributed by atoms with Gasteiger partial charge in [0.1, 0.15) is 5.82 Å². The Balaban J connectivity index is 1.68. The second kappa shape index (κ2) is 11.3. The molecule has 0 radical (unpaired) electrons. The third-order valence-electron chi connectivity index (χ3n) is 6.56. The first-order valence-electron chi connectivity index (χ1n) is 12.7. The van der Waals surface area contributed by atoms with Crippen molar-refractivity contribution in [2.45, 2.75) is 0 Å². The average Bonchev–Trinajstić information content (AvgIpc) is 3.32. The quantitative estimate of drug-likeness (QED) is 0.248. The van der Waals surface area contributed by atoms with Crippen molar-refractivity contribution in [3.05, 3.63) is 152 Å². The summed E-state index contributed by atoms with van der Waals surface area (Å²) >= 11 is 0. The molecule has 0 saturated carbocycles. The van der Waals surface area contributed by atoms with Crippen LogP contribution in [0.4, 0.5) is 0 Å². The first-order valence-corrected chi connectivity index (χ1v) is 15.4. The summed E-state index contributed by atoms with van der Waals surface area (Å²) in [6.07, 6.45) is 0. The van der Waals surface area contributed by atoms with Crippen LogP contribution >= 0.6 is 15.8 Å². The second-order valence-electron chi connectivity index (χ2n) is 9.02. The van der Waals surface area contributed by atoms with Crippen LogP contribution in [0, 0.1) is 0 Å². The van der Waals surface area contributed by atoms with E-state index in [0.717, 1.165) is 11.4 Å². The van der Waals surface area contributed by atoms with E-state index < -0.39 is 15.8 Å². The Morgan fingerprint density at radius 3 is 1.18 bits per heavy atom. The molecule has 184 valence electrons. The summed E-state index contributed by atoms with van der Waals surface area (Å²) in [5, 5.41) is 5.27. The molecule has 5 aromatic carbocycles. The topological polar surface area (TPSA) is 17.8 Å². The first kappa shape index (κ1) is 24.5. The molecule has 6 rings (SSSR count). The van der Waals surface area contributed by atoms with Gasteiger partial charge in [0.2, 0.25) is 0 Å². The minimum Gasteiger partial charge on any atom is -0.326 e. The summed E-state index contributed by atoms with van der Waals surface area (Å²) in [6, 6.07) is 54.3. The lowest BCUT2D eigenvalue weighted by Gasteiger charge is -2.24. The lowest BCUT2D eigenvalue weighted by Crippen LogP contribution is -2.37. The molecule has 4 heteroatoms. The van der Waals surface area contributed by atoms with Crippen molar-refractivity contribution in [2.24, 2.45) is 7.05 Å². The molecular weight excluding hydrogens is 498 g/mol. The number of nitrogens with zero attached hydrogens (tertiary/aromatic N) is 2. The maximum Gasteiger partial charge on any atom is 0.140 e. The second-order valence-corrected chi connectivity index (χ2v) is 13.3. The number of imidazole rings is 1. The molecule has 6 aromatic rings. The van der Waals surface area contributed by atoms with E-state index in [1.807, 2.05) is 0 Å². The molecule has 0 amide bonds. The molecule has 1 aromatic heterocycles. The van der Waals surface area contributed by atoms with Crippen molar-refractivity contribution in [3.63, 3.8) is 0 Å². The predicted octanol–water partition coefficient (Wildman–Crippen LogP) is 5.60. The van der Waals surface area contributed by atoms with Gasteiger partial charge in [-0.05, 0) is 21.2 Å². The number of aromatic nitrogens is 2. The Morgan fingerprint density at radius 2 is 0.789 bits per heavy atom. The van der Waals surface area contributed by atoms with Crippen LogP contribution in [-0.4, -0.2) is 9.55 Å². The molecule has 0 aliphatic heterocycles. The third-order valence-corrected chi connectivity index (χ3v) is 11.7. The van der Waals surface area contributed by atoms with Gasteiger partial charge < -0.3 is 4.57 Å². The van der Waals surface area contributed by atoms with Gasteiger partial charge in [-0.2, -0.15) is 0 Å². The highest BCUT2D eigenvalue weighted by Gasteiger charge is 2.31. The van der Waals surface area contributed by atoms with E-state index in [1.165, 1.54) is 32.1 Å². The molecule has 2 nitrogen and oxygen atoms in total. The summed E-state index contributed by atoms with van der Waals surface area (Å²) in [7, 11) is 0.458. The fraction of sp³-hybridized carbons (Fsp3) is 0.0294. The van der Waals surface area contributed by atoms with E-state index in [1.54, 1.807) is 0 Å². The van der Waals surface area contributed by atoms with Crippen LogP contribution in [0.1, 0.15) is 0 Å². The molecule has 0 aliphatic carbocycles. The van der Waals surface area contributed by atoms with Gasteiger partial charge in [-0.3, -0.25) is 0 Å². The van der Waals surface area contributed by atoms with Crippen LogP contribution in [-0.2, 0) is 7.05 Å². The maximum atomic E-state index is 5.51. The zero-order valence-electron chi connectivity index (χ0n) is 21.2. The van der Waals surface area contributed by atoms with Gasteiger partial charge in [-0.15, -0.1) is 0 Å².